The second-order valence-electron chi connectivity index (χ2n) is 6.75. The first-order valence-corrected chi connectivity index (χ1v) is 9.14. The Morgan fingerprint density at radius 3 is 2.38 bits per heavy atom. The Balaban J connectivity index is 1.45. The van der Waals surface area contributed by atoms with Gasteiger partial charge in [0.25, 0.3) is 0 Å². The largest absolute Gasteiger partial charge is 0.303 e. The Hall–Kier alpha value is -0.240. The summed E-state index contributed by atoms with van der Waals surface area (Å²) in [7, 11) is 0. The molecule has 2 aliphatic rings. The standard InChI is InChI=1S/C18H25Cl2N/c19-17-9-5-14(12-18(17)20)4-6-15-7-8-16(15)13-21-10-2-1-3-11-21/h5,9,12,15-16H,1-4,6-8,10-11,13H2. The molecule has 2 fully saturated rings. The first-order valence-electron chi connectivity index (χ1n) is 8.38. The van der Waals surface area contributed by atoms with Gasteiger partial charge in [-0.15, -0.1) is 0 Å². The normalized spacial score (nSPS) is 26.6. The number of rotatable bonds is 5. The maximum atomic E-state index is 6.10. The van der Waals surface area contributed by atoms with E-state index in [1.165, 1.54) is 63.7 Å². The van der Waals surface area contributed by atoms with Gasteiger partial charge in [0, 0.05) is 6.54 Å². The molecule has 1 saturated heterocycles. The quantitative estimate of drug-likeness (QED) is 0.696. The molecule has 2 atom stereocenters. The smallest absolute Gasteiger partial charge is 0.0595 e. The highest BCUT2D eigenvalue weighted by atomic mass is 35.5. The summed E-state index contributed by atoms with van der Waals surface area (Å²) >= 11 is 12.1. The SMILES string of the molecule is Clc1ccc(CCC2CCC2CN2CCCCC2)cc1Cl. The van der Waals surface area contributed by atoms with Gasteiger partial charge in [-0.3, -0.25) is 0 Å². The number of hydrogen-bond acceptors (Lipinski definition) is 1. The molecular weight excluding hydrogens is 301 g/mol. The molecule has 0 bridgehead atoms. The lowest BCUT2D eigenvalue weighted by Crippen LogP contribution is -2.40. The number of piperidine rings is 1. The maximum absolute atomic E-state index is 6.10. The van der Waals surface area contributed by atoms with Gasteiger partial charge in [-0.1, -0.05) is 35.7 Å². The number of hydrogen-bond donors (Lipinski definition) is 0. The average Bonchev–Trinajstić information content (AvgIpc) is 2.48. The molecule has 0 radical (unpaired) electrons. The van der Waals surface area contributed by atoms with Crippen LogP contribution < -0.4 is 0 Å². The van der Waals surface area contributed by atoms with Crippen LogP contribution in [-0.2, 0) is 6.42 Å². The highest BCUT2D eigenvalue weighted by molar-refractivity contribution is 6.42. The minimum atomic E-state index is 0.659. The molecule has 1 nitrogen and oxygen atoms in total. The minimum Gasteiger partial charge on any atom is -0.303 e. The van der Waals surface area contributed by atoms with Crippen LogP contribution in [0.1, 0.15) is 44.1 Å². The van der Waals surface area contributed by atoms with Crippen LogP contribution in [0.2, 0.25) is 10.0 Å². The second-order valence-corrected chi connectivity index (χ2v) is 7.56. The Labute approximate surface area is 138 Å². The van der Waals surface area contributed by atoms with Crippen LogP contribution in [0.15, 0.2) is 18.2 Å². The van der Waals surface area contributed by atoms with Crippen molar-refractivity contribution in [2.24, 2.45) is 11.8 Å². The third-order valence-electron chi connectivity index (χ3n) is 5.30. The lowest BCUT2D eigenvalue weighted by Gasteiger charge is -2.41. The molecule has 21 heavy (non-hydrogen) atoms. The van der Waals surface area contributed by atoms with Crippen LogP contribution in [0.3, 0.4) is 0 Å². The number of halogens is 2. The first-order chi connectivity index (χ1) is 10.2. The Bertz CT molecular complexity index is 468. The van der Waals surface area contributed by atoms with Gasteiger partial charge < -0.3 is 4.90 Å². The highest BCUT2D eigenvalue weighted by Gasteiger charge is 2.31. The molecule has 1 heterocycles. The molecule has 0 N–H and O–H groups in total. The van der Waals surface area contributed by atoms with E-state index in [9.17, 15) is 0 Å². The maximum Gasteiger partial charge on any atom is 0.0595 e. The molecule has 2 unspecified atom stereocenters. The molecule has 3 heteroatoms. The monoisotopic (exact) mass is 325 g/mol. The summed E-state index contributed by atoms with van der Waals surface area (Å²) in [6, 6.07) is 6.07. The van der Waals surface area contributed by atoms with Crippen molar-refractivity contribution in [2.75, 3.05) is 19.6 Å². The fraction of sp³-hybridized carbons (Fsp3) is 0.667. The third-order valence-corrected chi connectivity index (χ3v) is 6.04. The molecule has 0 aromatic heterocycles. The zero-order valence-corrected chi connectivity index (χ0v) is 14.2. The Morgan fingerprint density at radius 2 is 1.71 bits per heavy atom. The van der Waals surface area contributed by atoms with Gasteiger partial charge in [0.2, 0.25) is 0 Å². The topological polar surface area (TPSA) is 3.24 Å². The summed E-state index contributed by atoms with van der Waals surface area (Å²) in [6.45, 7) is 4.00. The van der Waals surface area contributed by atoms with Crippen LogP contribution in [-0.4, -0.2) is 24.5 Å². The van der Waals surface area contributed by atoms with E-state index in [0.29, 0.717) is 10.0 Å². The molecule has 116 valence electrons. The summed E-state index contributed by atoms with van der Waals surface area (Å²) < 4.78 is 0. The zero-order chi connectivity index (χ0) is 14.7. The molecule has 1 aliphatic heterocycles. The van der Waals surface area contributed by atoms with E-state index >= 15 is 0 Å². The van der Waals surface area contributed by atoms with Gasteiger partial charge in [0.05, 0.1) is 10.0 Å². The van der Waals surface area contributed by atoms with Crippen molar-refractivity contribution in [2.45, 2.75) is 44.9 Å². The number of likely N-dealkylation sites (tertiary alicyclic amines) is 1. The predicted octanol–water partition coefficient (Wildman–Crippen LogP) is 5.44. The van der Waals surface area contributed by atoms with Crippen molar-refractivity contribution in [3.63, 3.8) is 0 Å². The zero-order valence-electron chi connectivity index (χ0n) is 12.7. The molecule has 0 amide bonds. The number of benzene rings is 1. The summed E-state index contributed by atoms with van der Waals surface area (Å²) in [4.78, 5) is 2.69. The predicted molar refractivity (Wildman–Crippen MR) is 91.3 cm³/mol. The first kappa shape index (κ1) is 15.6. The summed E-state index contributed by atoms with van der Waals surface area (Å²) in [5.74, 6) is 1.85. The number of aryl methyl sites for hydroxylation is 1. The van der Waals surface area contributed by atoms with Gasteiger partial charge in [0.15, 0.2) is 0 Å². The summed E-state index contributed by atoms with van der Waals surface area (Å²) in [6.07, 6.45) is 9.53. The van der Waals surface area contributed by atoms with Gasteiger partial charge in [-0.25, -0.2) is 0 Å². The van der Waals surface area contributed by atoms with Crippen LogP contribution in [0.25, 0.3) is 0 Å². The fourth-order valence-corrected chi connectivity index (χ4v) is 4.10. The van der Waals surface area contributed by atoms with Crippen molar-refractivity contribution in [1.29, 1.82) is 0 Å². The molecule has 1 aliphatic carbocycles. The van der Waals surface area contributed by atoms with Gasteiger partial charge in [-0.2, -0.15) is 0 Å². The molecule has 1 aromatic carbocycles. The summed E-state index contributed by atoms with van der Waals surface area (Å²) in [5.41, 5.74) is 1.33. The lowest BCUT2D eigenvalue weighted by molar-refractivity contribution is 0.0920. The summed E-state index contributed by atoms with van der Waals surface area (Å²) in [5, 5.41) is 1.35. The third kappa shape index (κ3) is 4.15. The van der Waals surface area contributed by atoms with Crippen LogP contribution in [0.5, 0.6) is 0 Å². The lowest BCUT2D eigenvalue weighted by atomic mass is 9.70. The molecule has 3 rings (SSSR count). The van der Waals surface area contributed by atoms with Crippen molar-refractivity contribution >= 4 is 23.2 Å². The van der Waals surface area contributed by atoms with E-state index in [2.05, 4.69) is 11.0 Å². The van der Waals surface area contributed by atoms with E-state index < -0.39 is 0 Å². The Morgan fingerprint density at radius 1 is 0.952 bits per heavy atom. The van der Waals surface area contributed by atoms with Crippen LogP contribution >= 0.6 is 23.2 Å². The fourth-order valence-electron chi connectivity index (χ4n) is 3.78. The highest BCUT2D eigenvalue weighted by Crippen LogP contribution is 2.38. The van der Waals surface area contributed by atoms with E-state index in [4.69, 9.17) is 23.2 Å². The average molecular weight is 326 g/mol. The van der Waals surface area contributed by atoms with Crippen LogP contribution in [0, 0.1) is 11.8 Å². The van der Waals surface area contributed by atoms with Crippen molar-refractivity contribution in [3.8, 4) is 0 Å². The van der Waals surface area contributed by atoms with Gasteiger partial charge in [-0.05, 0) is 81.1 Å². The Kier molecular flexibility index (Phi) is 5.48. The van der Waals surface area contributed by atoms with Crippen molar-refractivity contribution < 1.29 is 0 Å². The molecule has 0 spiro atoms. The molecule has 1 aromatic rings. The van der Waals surface area contributed by atoms with Gasteiger partial charge in [0.1, 0.15) is 0 Å². The van der Waals surface area contributed by atoms with E-state index in [-0.39, 0.29) is 0 Å². The van der Waals surface area contributed by atoms with E-state index in [1.807, 2.05) is 12.1 Å². The van der Waals surface area contributed by atoms with E-state index in [0.717, 1.165) is 18.3 Å². The molecular formula is C18H25Cl2N. The molecule has 1 saturated carbocycles. The van der Waals surface area contributed by atoms with Crippen molar-refractivity contribution in [1.82, 2.24) is 4.90 Å². The second kappa shape index (κ2) is 7.35. The number of nitrogens with zero attached hydrogens (tertiary/aromatic N) is 1. The van der Waals surface area contributed by atoms with E-state index in [1.54, 1.807) is 0 Å². The van der Waals surface area contributed by atoms with Crippen molar-refractivity contribution in [3.05, 3.63) is 33.8 Å². The minimum absolute atomic E-state index is 0.659. The van der Waals surface area contributed by atoms with Gasteiger partial charge >= 0.3 is 0 Å². The van der Waals surface area contributed by atoms with Crippen LogP contribution in [0.4, 0.5) is 0 Å².